The van der Waals surface area contributed by atoms with Crippen molar-refractivity contribution in [2.24, 2.45) is 0 Å². The molecule has 2 aliphatic rings. The van der Waals surface area contributed by atoms with E-state index in [2.05, 4.69) is 5.32 Å². The number of methoxy groups -OCH3 is 1. The van der Waals surface area contributed by atoms with Crippen LogP contribution in [0.2, 0.25) is 0 Å². The molecule has 0 bridgehead atoms. The first-order chi connectivity index (χ1) is 12.3. The topological polar surface area (TPSA) is 60.0 Å². The normalized spacial score (nSPS) is 18.4. The van der Waals surface area contributed by atoms with Gasteiger partial charge < -0.3 is 24.4 Å². The molecule has 1 saturated carbocycles. The van der Waals surface area contributed by atoms with E-state index in [9.17, 15) is 4.79 Å². The number of rotatable bonds is 7. The van der Waals surface area contributed by atoms with E-state index < -0.39 is 0 Å². The van der Waals surface area contributed by atoms with Gasteiger partial charge in [-0.15, -0.1) is 0 Å². The van der Waals surface area contributed by atoms with Gasteiger partial charge in [-0.25, -0.2) is 0 Å². The van der Waals surface area contributed by atoms with Crippen LogP contribution in [0.25, 0.3) is 0 Å². The molecule has 1 saturated heterocycles. The number of ether oxygens (including phenoxy) is 3. The van der Waals surface area contributed by atoms with Crippen LogP contribution in [0.5, 0.6) is 11.5 Å². The number of carbonyl (C=O) groups excluding carboxylic acids is 1. The molecule has 0 radical (unpaired) electrons. The van der Waals surface area contributed by atoms with Gasteiger partial charge in [0, 0.05) is 25.7 Å². The number of hydrogen-bond donors (Lipinski definition) is 1. The van der Waals surface area contributed by atoms with Gasteiger partial charge in [0.25, 0.3) is 5.91 Å². The summed E-state index contributed by atoms with van der Waals surface area (Å²) in [5.41, 5.74) is 1.16. The lowest BCUT2D eigenvalue weighted by molar-refractivity contribution is -0.137. The summed E-state index contributed by atoms with van der Waals surface area (Å²) in [5.74, 6) is 1.26. The van der Waals surface area contributed by atoms with Crippen molar-refractivity contribution < 1.29 is 19.0 Å². The molecule has 1 amide bonds. The van der Waals surface area contributed by atoms with Crippen molar-refractivity contribution in [1.82, 2.24) is 10.2 Å². The Morgan fingerprint density at radius 3 is 2.72 bits per heavy atom. The minimum atomic E-state index is -0.0164. The van der Waals surface area contributed by atoms with Gasteiger partial charge in [0.1, 0.15) is 0 Å². The highest BCUT2D eigenvalue weighted by Crippen LogP contribution is 2.28. The lowest BCUT2D eigenvalue weighted by atomic mass is 10.1. The summed E-state index contributed by atoms with van der Waals surface area (Å²) in [6.45, 7) is 3.30. The standard InChI is InChI=1S/C19H28N2O4/c1-23-18-12-15(13-20-16-4-2-3-5-16)6-7-17(18)25-14-19(22)21-8-10-24-11-9-21/h6-7,12,16,20H,2-5,8-11,13-14H2,1H3. The quantitative estimate of drug-likeness (QED) is 0.816. The van der Waals surface area contributed by atoms with Crippen LogP contribution in [0, 0.1) is 0 Å². The fourth-order valence-electron chi connectivity index (χ4n) is 3.38. The predicted molar refractivity (Wildman–Crippen MR) is 95.0 cm³/mol. The molecule has 0 aromatic heterocycles. The molecule has 1 aromatic carbocycles. The first-order valence-corrected chi connectivity index (χ1v) is 9.15. The summed E-state index contributed by atoms with van der Waals surface area (Å²) < 4.78 is 16.4. The zero-order chi connectivity index (χ0) is 17.5. The number of nitrogens with one attached hydrogen (secondary N) is 1. The summed E-state index contributed by atoms with van der Waals surface area (Å²) in [5, 5.41) is 3.59. The smallest absolute Gasteiger partial charge is 0.260 e. The monoisotopic (exact) mass is 348 g/mol. The van der Waals surface area contributed by atoms with Crippen LogP contribution >= 0.6 is 0 Å². The van der Waals surface area contributed by atoms with Crippen LogP contribution in [-0.4, -0.2) is 56.9 Å². The summed E-state index contributed by atoms with van der Waals surface area (Å²) >= 11 is 0. The van der Waals surface area contributed by atoms with Crippen LogP contribution in [0.3, 0.4) is 0 Å². The van der Waals surface area contributed by atoms with Crippen molar-refractivity contribution in [3.05, 3.63) is 23.8 Å². The minimum absolute atomic E-state index is 0.0164. The molecule has 0 spiro atoms. The maximum atomic E-state index is 12.2. The van der Waals surface area contributed by atoms with Gasteiger partial charge in [0.15, 0.2) is 18.1 Å². The van der Waals surface area contributed by atoms with Crippen molar-refractivity contribution in [1.29, 1.82) is 0 Å². The Morgan fingerprint density at radius 2 is 2.00 bits per heavy atom. The Morgan fingerprint density at radius 1 is 1.24 bits per heavy atom. The van der Waals surface area contributed by atoms with Crippen LogP contribution in [0.1, 0.15) is 31.2 Å². The third-order valence-corrected chi connectivity index (χ3v) is 4.89. The van der Waals surface area contributed by atoms with E-state index in [4.69, 9.17) is 14.2 Å². The van der Waals surface area contributed by atoms with Gasteiger partial charge in [0.2, 0.25) is 0 Å². The van der Waals surface area contributed by atoms with Crippen LogP contribution in [0.4, 0.5) is 0 Å². The molecule has 0 unspecified atom stereocenters. The van der Waals surface area contributed by atoms with E-state index in [0.29, 0.717) is 43.8 Å². The third kappa shape index (κ3) is 5.09. The number of amides is 1. The second kappa shape index (κ2) is 9.06. The lowest BCUT2D eigenvalue weighted by Crippen LogP contribution is -2.43. The summed E-state index contributed by atoms with van der Waals surface area (Å²) in [6.07, 6.45) is 5.18. The molecule has 6 heteroatoms. The second-order valence-corrected chi connectivity index (χ2v) is 6.63. The Kier molecular flexibility index (Phi) is 6.53. The number of hydrogen-bond acceptors (Lipinski definition) is 5. The lowest BCUT2D eigenvalue weighted by Gasteiger charge is -2.26. The zero-order valence-corrected chi connectivity index (χ0v) is 15.0. The SMILES string of the molecule is COc1cc(CNC2CCCC2)ccc1OCC(=O)N1CCOCC1. The predicted octanol–water partition coefficient (Wildman–Crippen LogP) is 1.96. The van der Waals surface area contributed by atoms with Gasteiger partial charge in [-0.3, -0.25) is 4.79 Å². The fraction of sp³-hybridized carbons (Fsp3) is 0.632. The molecule has 1 N–H and O–H groups in total. The van der Waals surface area contributed by atoms with E-state index >= 15 is 0 Å². The Labute approximate surface area is 149 Å². The van der Waals surface area contributed by atoms with Crippen LogP contribution < -0.4 is 14.8 Å². The Hall–Kier alpha value is -1.79. The number of benzene rings is 1. The summed E-state index contributed by atoms with van der Waals surface area (Å²) in [6, 6.07) is 6.53. The average molecular weight is 348 g/mol. The van der Waals surface area contributed by atoms with Crippen molar-refractivity contribution in [3.63, 3.8) is 0 Å². The van der Waals surface area contributed by atoms with E-state index in [-0.39, 0.29) is 12.5 Å². The molecule has 1 aliphatic carbocycles. The van der Waals surface area contributed by atoms with Gasteiger partial charge >= 0.3 is 0 Å². The van der Waals surface area contributed by atoms with Gasteiger partial charge in [-0.2, -0.15) is 0 Å². The molecule has 1 aromatic rings. The van der Waals surface area contributed by atoms with E-state index in [1.54, 1.807) is 12.0 Å². The summed E-state index contributed by atoms with van der Waals surface area (Å²) in [7, 11) is 1.63. The van der Waals surface area contributed by atoms with Gasteiger partial charge in [-0.05, 0) is 30.5 Å². The first kappa shape index (κ1) is 18.0. The Bertz CT molecular complexity index is 567. The molecule has 0 atom stereocenters. The highest BCUT2D eigenvalue weighted by atomic mass is 16.5. The molecule has 2 fully saturated rings. The number of morpholine rings is 1. The minimum Gasteiger partial charge on any atom is -0.493 e. The molecule has 1 heterocycles. The molecule has 138 valence electrons. The highest BCUT2D eigenvalue weighted by molar-refractivity contribution is 5.78. The molecule has 3 rings (SSSR count). The molecule has 25 heavy (non-hydrogen) atoms. The van der Waals surface area contributed by atoms with Crippen molar-refractivity contribution in [2.75, 3.05) is 40.0 Å². The third-order valence-electron chi connectivity index (χ3n) is 4.89. The molecular formula is C19H28N2O4. The number of nitrogens with zero attached hydrogens (tertiary/aromatic N) is 1. The Balaban J connectivity index is 1.52. The molecule has 1 aliphatic heterocycles. The van der Waals surface area contributed by atoms with Crippen molar-refractivity contribution in [2.45, 2.75) is 38.3 Å². The largest absolute Gasteiger partial charge is 0.493 e. The van der Waals surface area contributed by atoms with Gasteiger partial charge in [0.05, 0.1) is 20.3 Å². The second-order valence-electron chi connectivity index (χ2n) is 6.63. The fourth-order valence-corrected chi connectivity index (χ4v) is 3.38. The van der Waals surface area contributed by atoms with E-state index in [1.165, 1.54) is 25.7 Å². The first-order valence-electron chi connectivity index (χ1n) is 9.15. The van der Waals surface area contributed by atoms with Crippen molar-refractivity contribution in [3.8, 4) is 11.5 Å². The highest BCUT2D eigenvalue weighted by Gasteiger charge is 2.18. The van der Waals surface area contributed by atoms with Crippen molar-refractivity contribution >= 4 is 5.91 Å². The maximum absolute atomic E-state index is 12.2. The van der Waals surface area contributed by atoms with Crippen LogP contribution in [-0.2, 0) is 16.1 Å². The molecular weight excluding hydrogens is 320 g/mol. The van der Waals surface area contributed by atoms with Crippen LogP contribution in [0.15, 0.2) is 18.2 Å². The number of carbonyl (C=O) groups is 1. The average Bonchev–Trinajstić information content (AvgIpc) is 3.19. The molecule has 6 nitrogen and oxygen atoms in total. The van der Waals surface area contributed by atoms with E-state index in [0.717, 1.165) is 12.1 Å². The van der Waals surface area contributed by atoms with E-state index in [1.807, 2.05) is 18.2 Å². The summed E-state index contributed by atoms with van der Waals surface area (Å²) in [4.78, 5) is 14.0. The maximum Gasteiger partial charge on any atom is 0.260 e. The zero-order valence-electron chi connectivity index (χ0n) is 15.0. The van der Waals surface area contributed by atoms with Gasteiger partial charge in [-0.1, -0.05) is 18.9 Å².